The maximum atomic E-state index is 9.21. The van der Waals surface area contributed by atoms with Crippen LogP contribution in [0.3, 0.4) is 0 Å². The molecular weight excluding hydrogens is 240 g/mol. The highest BCUT2D eigenvalue weighted by Crippen LogP contribution is 2.38. The van der Waals surface area contributed by atoms with Crippen LogP contribution >= 0.6 is 0 Å². The fourth-order valence-electron chi connectivity index (χ4n) is 3.09. The highest BCUT2D eigenvalue weighted by Gasteiger charge is 2.50. The average Bonchev–Trinajstić information content (AvgIpc) is 2.44. The summed E-state index contributed by atoms with van der Waals surface area (Å²) in [5.41, 5.74) is 7.72. The Morgan fingerprint density at radius 3 is 3.21 bits per heavy atom. The number of fused-ring (bicyclic) bond motifs is 1. The van der Waals surface area contributed by atoms with E-state index in [1.807, 2.05) is 13.0 Å². The Kier molecular flexibility index (Phi) is 3.13. The van der Waals surface area contributed by atoms with Crippen LogP contribution in [0.15, 0.2) is 12.3 Å². The fourth-order valence-corrected chi connectivity index (χ4v) is 3.09. The first-order chi connectivity index (χ1) is 9.22. The minimum atomic E-state index is 0.0618. The Bertz CT molecular complexity index is 525. The van der Waals surface area contributed by atoms with Crippen molar-refractivity contribution in [2.75, 3.05) is 11.9 Å². The topological polar surface area (TPSA) is 84.0 Å². The van der Waals surface area contributed by atoms with Crippen LogP contribution in [0.1, 0.15) is 24.0 Å². The van der Waals surface area contributed by atoms with E-state index in [0.29, 0.717) is 17.3 Å². The minimum absolute atomic E-state index is 0.0618. The molecular formula is C14H18N4O. The van der Waals surface area contributed by atoms with E-state index in [-0.39, 0.29) is 18.2 Å². The van der Waals surface area contributed by atoms with E-state index in [0.717, 1.165) is 25.0 Å². The lowest BCUT2D eigenvalue weighted by molar-refractivity contribution is -0.104. The Hall–Kier alpha value is -1.64. The SMILES string of the molecule is Cc1ccnc(NC2C(N)C3CCCOC32)c1C#N. The number of ether oxygens (including phenoxy) is 1. The number of aryl methyl sites for hydroxylation is 1. The summed E-state index contributed by atoms with van der Waals surface area (Å²) in [6.45, 7) is 2.71. The number of hydrogen-bond donors (Lipinski definition) is 2. The van der Waals surface area contributed by atoms with E-state index in [2.05, 4.69) is 16.4 Å². The van der Waals surface area contributed by atoms with Crippen molar-refractivity contribution in [3.8, 4) is 6.07 Å². The van der Waals surface area contributed by atoms with Gasteiger partial charge in [-0.2, -0.15) is 5.26 Å². The summed E-state index contributed by atoms with van der Waals surface area (Å²) in [7, 11) is 0. The molecule has 1 aliphatic heterocycles. The van der Waals surface area contributed by atoms with Gasteiger partial charge in [0.1, 0.15) is 11.9 Å². The Balaban J connectivity index is 1.79. The third-order valence-electron chi connectivity index (χ3n) is 4.25. The van der Waals surface area contributed by atoms with Crippen LogP contribution in [-0.2, 0) is 4.74 Å². The molecule has 4 unspecified atom stereocenters. The lowest BCUT2D eigenvalue weighted by atomic mass is 9.68. The van der Waals surface area contributed by atoms with Crippen LogP contribution in [-0.4, -0.2) is 29.8 Å². The van der Waals surface area contributed by atoms with Crippen molar-refractivity contribution >= 4 is 5.82 Å². The van der Waals surface area contributed by atoms with Crippen LogP contribution < -0.4 is 11.1 Å². The Morgan fingerprint density at radius 1 is 1.58 bits per heavy atom. The third-order valence-corrected chi connectivity index (χ3v) is 4.25. The first-order valence-electron chi connectivity index (χ1n) is 6.72. The molecule has 1 aromatic heterocycles. The van der Waals surface area contributed by atoms with Gasteiger partial charge < -0.3 is 15.8 Å². The van der Waals surface area contributed by atoms with Gasteiger partial charge in [-0.05, 0) is 31.4 Å². The summed E-state index contributed by atoms with van der Waals surface area (Å²) in [5.74, 6) is 1.07. The van der Waals surface area contributed by atoms with E-state index < -0.39 is 0 Å². The first kappa shape index (κ1) is 12.4. The standard InChI is InChI=1S/C14H18N4O/c1-8-4-5-17-14(10(8)7-15)18-12-11(16)9-3-2-6-19-13(9)12/h4-5,9,11-13H,2-3,6,16H2,1H3,(H,17,18). The monoisotopic (exact) mass is 258 g/mol. The second-order valence-corrected chi connectivity index (χ2v) is 5.35. The van der Waals surface area contributed by atoms with Crippen LogP contribution in [0.4, 0.5) is 5.82 Å². The Morgan fingerprint density at radius 2 is 2.42 bits per heavy atom. The minimum Gasteiger partial charge on any atom is -0.376 e. The molecule has 0 aromatic carbocycles. The van der Waals surface area contributed by atoms with Gasteiger partial charge >= 0.3 is 0 Å². The van der Waals surface area contributed by atoms with Gasteiger partial charge in [-0.15, -0.1) is 0 Å². The fraction of sp³-hybridized carbons (Fsp3) is 0.571. The van der Waals surface area contributed by atoms with Crippen molar-refractivity contribution in [1.82, 2.24) is 4.98 Å². The van der Waals surface area contributed by atoms with E-state index in [4.69, 9.17) is 10.5 Å². The molecule has 2 aliphatic rings. The van der Waals surface area contributed by atoms with Crippen molar-refractivity contribution in [3.63, 3.8) is 0 Å². The van der Waals surface area contributed by atoms with Crippen molar-refractivity contribution in [1.29, 1.82) is 5.26 Å². The van der Waals surface area contributed by atoms with Crippen LogP contribution in [0, 0.1) is 24.2 Å². The first-order valence-corrected chi connectivity index (χ1v) is 6.72. The van der Waals surface area contributed by atoms with Gasteiger partial charge in [0.2, 0.25) is 0 Å². The lowest BCUT2D eigenvalue weighted by Crippen LogP contribution is -2.69. The molecule has 0 radical (unpaired) electrons. The summed E-state index contributed by atoms with van der Waals surface area (Å²) in [6.07, 6.45) is 4.10. The zero-order chi connectivity index (χ0) is 13.4. The second kappa shape index (κ2) is 4.80. The van der Waals surface area contributed by atoms with Gasteiger partial charge in [0, 0.05) is 24.8 Å². The number of aromatic nitrogens is 1. The zero-order valence-corrected chi connectivity index (χ0v) is 11.0. The van der Waals surface area contributed by atoms with Crippen LogP contribution in [0.5, 0.6) is 0 Å². The molecule has 1 saturated carbocycles. The van der Waals surface area contributed by atoms with Gasteiger partial charge in [-0.25, -0.2) is 4.98 Å². The average molecular weight is 258 g/mol. The molecule has 2 fully saturated rings. The van der Waals surface area contributed by atoms with E-state index in [1.54, 1.807) is 6.20 Å². The maximum absolute atomic E-state index is 9.21. The number of nitrogens with zero attached hydrogens (tertiary/aromatic N) is 2. The molecule has 0 amide bonds. The quantitative estimate of drug-likeness (QED) is 0.832. The summed E-state index contributed by atoms with van der Waals surface area (Å²) in [4.78, 5) is 4.26. The largest absolute Gasteiger partial charge is 0.376 e. The molecule has 5 heteroatoms. The molecule has 4 atom stereocenters. The molecule has 1 aromatic rings. The summed E-state index contributed by atoms with van der Waals surface area (Å²) < 4.78 is 5.78. The maximum Gasteiger partial charge on any atom is 0.144 e. The van der Waals surface area contributed by atoms with Crippen molar-refractivity contribution in [2.45, 2.75) is 38.0 Å². The third kappa shape index (κ3) is 1.97. The van der Waals surface area contributed by atoms with Crippen molar-refractivity contribution in [2.24, 2.45) is 11.7 Å². The smallest absolute Gasteiger partial charge is 0.144 e. The normalized spacial score (nSPS) is 32.9. The predicted octanol–water partition coefficient (Wildman–Crippen LogP) is 1.18. The number of nitriles is 1. The molecule has 1 aliphatic carbocycles. The summed E-state index contributed by atoms with van der Waals surface area (Å²) in [6, 6.07) is 4.18. The van der Waals surface area contributed by atoms with Gasteiger partial charge in [-0.1, -0.05) is 0 Å². The van der Waals surface area contributed by atoms with Gasteiger partial charge in [0.15, 0.2) is 0 Å². The molecule has 19 heavy (non-hydrogen) atoms. The molecule has 5 nitrogen and oxygen atoms in total. The van der Waals surface area contributed by atoms with Crippen LogP contribution in [0.25, 0.3) is 0 Å². The number of anilines is 1. The molecule has 3 N–H and O–H groups in total. The summed E-state index contributed by atoms with van der Waals surface area (Å²) >= 11 is 0. The molecule has 0 spiro atoms. The second-order valence-electron chi connectivity index (χ2n) is 5.35. The number of hydrogen-bond acceptors (Lipinski definition) is 5. The highest BCUT2D eigenvalue weighted by molar-refractivity contribution is 5.56. The predicted molar refractivity (Wildman–Crippen MR) is 71.5 cm³/mol. The molecule has 0 bridgehead atoms. The molecule has 3 rings (SSSR count). The summed E-state index contributed by atoms with van der Waals surface area (Å²) in [5, 5.41) is 12.5. The molecule has 2 heterocycles. The van der Waals surface area contributed by atoms with Crippen LogP contribution in [0.2, 0.25) is 0 Å². The zero-order valence-electron chi connectivity index (χ0n) is 11.0. The van der Waals surface area contributed by atoms with E-state index >= 15 is 0 Å². The van der Waals surface area contributed by atoms with Crippen molar-refractivity contribution < 1.29 is 4.74 Å². The number of pyridine rings is 1. The highest BCUT2D eigenvalue weighted by atomic mass is 16.5. The van der Waals surface area contributed by atoms with Gasteiger partial charge in [0.25, 0.3) is 0 Å². The van der Waals surface area contributed by atoms with Crippen molar-refractivity contribution in [3.05, 3.63) is 23.4 Å². The van der Waals surface area contributed by atoms with E-state index in [9.17, 15) is 5.26 Å². The number of nitrogens with two attached hydrogens (primary N) is 1. The van der Waals surface area contributed by atoms with E-state index in [1.165, 1.54) is 0 Å². The Labute approximate surface area is 112 Å². The van der Waals surface area contributed by atoms with Gasteiger partial charge in [-0.3, -0.25) is 0 Å². The molecule has 100 valence electrons. The number of nitrogens with one attached hydrogen (secondary N) is 1. The number of rotatable bonds is 2. The lowest BCUT2D eigenvalue weighted by Gasteiger charge is -2.52. The van der Waals surface area contributed by atoms with Gasteiger partial charge in [0.05, 0.1) is 17.7 Å². The molecule has 1 saturated heterocycles.